The molecule has 0 saturated carbocycles. The summed E-state index contributed by atoms with van der Waals surface area (Å²) in [5, 5.41) is 0. The molecule has 6 rings (SSSR count). The maximum Gasteiger partial charge on any atom is 0.150 e. The maximum absolute atomic E-state index is 7.13. The van der Waals surface area contributed by atoms with Crippen LogP contribution in [0.2, 0.25) is 0 Å². The minimum Gasteiger partial charge on any atom is -0.493 e. The second kappa shape index (κ2) is 14.1. The third kappa shape index (κ3) is 6.79. The van der Waals surface area contributed by atoms with Crippen molar-refractivity contribution in [3.05, 3.63) is 192 Å². The summed E-state index contributed by atoms with van der Waals surface area (Å²) in [6.45, 7) is 1.18. The molecule has 0 aromatic heterocycles. The van der Waals surface area contributed by atoms with Crippen molar-refractivity contribution in [1.82, 2.24) is 0 Å². The molecule has 43 heavy (non-hydrogen) atoms. The van der Waals surface area contributed by atoms with Crippen LogP contribution in [0.25, 0.3) is 0 Å². The van der Waals surface area contributed by atoms with Crippen molar-refractivity contribution in [3.63, 3.8) is 0 Å². The lowest BCUT2D eigenvalue weighted by molar-refractivity contribution is -0.156. The smallest absolute Gasteiger partial charge is 0.150 e. The summed E-state index contributed by atoms with van der Waals surface area (Å²) in [5.41, 5.74) is 4.45. The summed E-state index contributed by atoms with van der Waals surface area (Å²) in [6.07, 6.45) is 2.54. The van der Waals surface area contributed by atoms with Gasteiger partial charge in [0.1, 0.15) is 23.9 Å². The van der Waals surface area contributed by atoms with Gasteiger partial charge in [-0.2, -0.15) is 0 Å². The van der Waals surface area contributed by atoms with Crippen molar-refractivity contribution in [1.29, 1.82) is 0 Å². The van der Waals surface area contributed by atoms with Crippen LogP contribution in [0.15, 0.2) is 164 Å². The summed E-state index contributed by atoms with van der Waals surface area (Å²) < 4.78 is 26.4. The standard InChI is InChI=1S/C39H36O4/c1-6-16-31(17-7-1)28-41-36-26-27-40-37(38(36)42-29-32-18-8-2-9-19-32)30-43-39(33-20-10-3-11-21-33,34-22-12-4-13-23-34)35-24-14-5-15-25-35/h1-27,36-38H,28-30H2/t36-,37-,38-/m1/s1. The normalized spacial score (nSPS) is 18.2. The Balaban J connectivity index is 1.32. The van der Waals surface area contributed by atoms with Crippen LogP contribution in [0.5, 0.6) is 0 Å². The zero-order valence-electron chi connectivity index (χ0n) is 24.1. The third-order valence-electron chi connectivity index (χ3n) is 7.79. The van der Waals surface area contributed by atoms with Crippen LogP contribution < -0.4 is 0 Å². The van der Waals surface area contributed by atoms with Gasteiger partial charge in [-0.1, -0.05) is 152 Å². The summed E-state index contributed by atoms with van der Waals surface area (Å²) in [6, 6.07) is 51.5. The van der Waals surface area contributed by atoms with Gasteiger partial charge in [-0.05, 0) is 33.9 Å². The SMILES string of the molecule is C1=C[C@@H](OCc2ccccc2)[C@@H](OCc2ccccc2)[C@@H](COC(c2ccccc2)(c2ccccc2)c2ccccc2)O1. The van der Waals surface area contributed by atoms with E-state index < -0.39 is 17.8 Å². The second-order valence-electron chi connectivity index (χ2n) is 10.6. The van der Waals surface area contributed by atoms with Gasteiger partial charge in [0.2, 0.25) is 0 Å². The quantitative estimate of drug-likeness (QED) is 0.143. The first kappa shape index (κ1) is 28.6. The lowest BCUT2D eigenvalue weighted by Crippen LogP contribution is -2.47. The van der Waals surface area contributed by atoms with Gasteiger partial charge in [0.05, 0.1) is 26.1 Å². The van der Waals surface area contributed by atoms with Gasteiger partial charge in [0.15, 0.2) is 0 Å². The maximum atomic E-state index is 7.13. The molecule has 0 N–H and O–H groups in total. The zero-order valence-corrected chi connectivity index (χ0v) is 24.1. The first-order chi connectivity index (χ1) is 21.3. The minimum atomic E-state index is -0.862. The van der Waals surface area contributed by atoms with E-state index in [4.69, 9.17) is 18.9 Å². The molecule has 0 saturated heterocycles. The van der Waals surface area contributed by atoms with Crippen LogP contribution in [-0.4, -0.2) is 24.9 Å². The Labute approximate surface area is 254 Å². The van der Waals surface area contributed by atoms with E-state index in [1.165, 1.54) is 0 Å². The summed E-state index contributed by atoms with van der Waals surface area (Å²) in [4.78, 5) is 0. The van der Waals surface area contributed by atoms with Crippen LogP contribution in [0.1, 0.15) is 27.8 Å². The second-order valence-corrected chi connectivity index (χ2v) is 10.6. The van der Waals surface area contributed by atoms with Crippen LogP contribution in [-0.2, 0) is 37.8 Å². The van der Waals surface area contributed by atoms with E-state index in [2.05, 4.69) is 97.1 Å². The highest BCUT2D eigenvalue weighted by molar-refractivity contribution is 5.47. The van der Waals surface area contributed by atoms with E-state index in [-0.39, 0.29) is 12.7 Å². The van der Waals surface area contributed by atoms with E-state index in [1.54, 1.807) is 6.26 Å². The molecule has 0 unspecified atom stereocenters. The molecule has 5 aromatic rings. The van der Waals surface area contributed by atoms with E-state index in [9.17, 15) is 0 Å². The average molecular weight is 569 g/mol. The van der Waals surface area contributed by atoms with Gasteiger partial charge >= 0.3 is 0 Å². The Hall–Kier alpha value is -4.48. The minimum absolute atomic E-state index is 0.272. The van der Waals surface area contributed by atoms with E-state index >= 15 is 0 Å². The molecule has 0 amide bonds. The molecular formula is C39H36O4. The van der Waals surface area contributed by atoms with Gasteiger partial charge in [-0.3, -0.25) is 0 Å². The summed E-state index contributed by atoms with van der Waals surface area (Å²) in [5.74, 6) is 0. The molecule has 0 fully saturated rings. The molecule has 4 nitrogen and oxygen atoms in total. The first-order valence-electron chi connectivity index (χ1n) is 14.8. The molecule has 4 heteroatoms. The molecule has 3 atom stereocenters. The van der Waals surface area contributed by atoms with Gasteiger partial charge in [0.25, 0.3) is 0 Å². The Kier molecular flexibility index (Phi) is 9.41. The van der Waals surface area contributed by atoms with Gasteiger partial charge in [-0.25, -0.2) is 0 Å². The topological polar surface area (TPSA) is 36.9 Å². The fourth-order valence-corrected chi connectivity index (χ4v) is 5.62. The molecular weight excluding hydrogens is 532 g/mol. The van der Waals surface area contributed by atoms with Crippen LogP contribution in [0.4, 0.5) is 0 Å². The van der Waals surface area contributed by atoms with Crippen molar-refractivity contribution in [3.8, 4) is 0 Å². The first-order valence-corrected chi connectivity index (χ1v) is 14.8. The van der Waals surface area contributed by atoms with Gasteiger partial charge in [-0.15, -0.1) is 0 Å². The van der Waals surface area contributed by atoms with Crippen molar-refractivity contribution >= 4 is 0 Å². The van der Waals surface area contributed by atoms with Crippen LogP contribution >= 0.6 is 0 Å². The Bertz CT molecular complexity index is 1440. The Morgan fingerprint density at radius 3 is 1.40 bits per heavy atom. The largest absolute Gasteiger partial charge is 0.493 e. The highest BCUT2D eigenvalue weighted by Gasteiger charge is 2.41. The Morgan fingerprint density at radius 2 is 0.930 bits per heavy atom. The number of benzene rings is 5. The van der Waals surface area contributed by atoms with E-state index in [0.29, 0.717) is 13.2 Å². The molecule has 0 aliphatic carbocycles. The van der Waals surface area contributed by atoms with Gasteiger partial charge < -0.3 is 18.9 Å². The number of rotatable bonds is 12. The molecule has 216 valence electrons. The molecule has 0 bridgehead atoms. The van der Waals surface area contributed by atoms with E-state index in [0.717, 1.165) is 27.8 Å². The molecule has 1 aliphatic rings. The third-order valence-corrected chi connectivity index (χ3v) is 7.79. The highest BCUT2D eigenvalue weighted by atomic mass is 16.6. The van der Waals surface area contributed by atoms with Crippen molar-refractivity contribution in [2.45, 2.75) is 37.1 Å². The number of hydrogen-bond acceptors (Lipinski definition) is 4. The van der Waals surface area contributed by atoms with Crippen molar-refractivity contribution < 1.29 is 18.9 Å². The van der Waals surface area contributed by atoms with Crippen molar-refractivity contribution in [2.75, 3.05) is 6.61 Å². The Morgan fingerprint density at radius 1 is 0.512 bits per heavy atom. The average Bonchev–Trinajstić information content (AvgIpc) is 3.09. The fraction of sp³-hybridized carbons (Fsp3) is 0.179. The highest BCUT2D eigenvalue weighted by Crippen LogP contribution is 2.41. The monoisotopic (exact) mass is 568 g/mol. The molecule has 0 radical (unpaired) electrons. The molecule has 1 aliphatic heterocycles. The molecule has 1 heterocycles. The fourth-order valence-electron chi connectivity index (χ4n) is 5.62. The lowest BCUT2D eigenvalue weighted by atomic mass is 9.80. The lowest BCUT2D eigenvalue weighted by Gasteiger charge is -2.40. The molecule has 5 aromatic carbocycles. The summed E-state index contributed by atoms with van der Waals surface area (Å²) in [7, 11) is 0. The van der Waals surface area contributed by atoms with Crippen LogP contribution in [0, 0.1) is 0 Å². The zero-order chi connectivity index (χ0) is 29.2. The predicted molar refractivity (Wildman–Crippen MR) is 169 cm³/mol. The van der Waals surface area contributed by atoms with Crippen LogP contribution in [0.3, 0.4) is 0 Å². The number of hydrogen-bond donors (Lipinski definition) is 0. The van der Waals surface area contributed by atoms with E-state index in [1.807, 2.05) is 60.7 Å². The summed E-state index contributed by atoms with van der Waals surface area (Å²) >= 11 is 0. The van der Waals surface area contributed by atoms with Crippen molar-refractivity contribution in [2.24, 2.45) is 0 Å². The molecule has 0 spiro atoms. The number of ether oxygens (including phenoxy) is 4. The predicted octanol–water partition coefficient (Wildman–Crippen LogP) is 8.08. The van der Waals surface area contributed by atoms with Gasteiger partial charge in [0, 0.05) is 0 Å².